The third kappa shape index (κ3) is 6.94. The Hall–Kier alpha value is -3.02. The molecule has 0 spiro atoms. The third-order valence-corrected chi connectivity index (χ3v) is 5.82. The molecule has 0 aliphatic heterocycles. The topological polar surface area (TPSA) is 194 Å². The molecule has 0 aliphatic carbocycles. The molecule has 158 valence electrons. The second-order valence-corrected chi connectivity index (χ2v) is 9.98. The molecule has 0 heterocycles. The molecule has 0 aliphatic rings. The van der Waals surface area contributed by atoms with Crippen molar-refractivity contribution >= 4 is 32.1 Å². The van der Waals surface area contributed by atoms with Gasteiger partial charge in [-0.25, -0.2) is 9.59 Å². The van der Waals surface area contributed by atoms with Crippen molar-refractivity contribution in [2.45, 2.75) is 39.8 Å². The number of aliphatic carboxylic acids is 2. The van der Waals surface area contributed by atoms with E-state index in [-0.39, 0.29) is 18.8 Å². The fourth-order valence-corrected chi connectivity index (χ4v) is 4.38. The summed E-state index contributed by atoms with van der Waals surface area (Å²) < 4.78 is 5.52. The molecule has 0 unspecified atom stereocenters. The molecule has 0 aromatic carbocycles. The number of primary amides is 2. The summed E-state index contributed by atoms with van der Waals surface area (Å²) in [7, 11) is -3.62. The quantitative estimate of drug-likeness (QED) is 0.128. The number of nitrogens with two attached hydrogens (primary N) is 2. The van der Waals surface area contributed by atoms with Crippen molar-refractivity contribution in [1.82, 2.24) is 10.6 Å². The lowest BCUT2D eigenvalue weighted by atomic mass is 10.3. The second-order valence-electron chi connectivity index (χ2n) is 6.26. The minimum atomic E-state index is -3.62. The number of hydrogen-bond donors (Lipinski definition) is 6. The third-order valence-electron chi connectivity index (χ3n) is 3.44. The molecule has 8 N–H and O–H groups in total. The fourth-order valence-electron chi connectivity index (χ4n) is 2.25. The van der Waals surface area contributed by atoms with Gasteiger partial charge >= 0.3 is 11.9 Å². The maximum Gasteiger partial charge on any atom is 0.372 e. The average molecular weight is 417 g/mol. The van der Waals surface area contributed by atoms with Crippen LogP contribution in [0.4, 0.5) is 0 Å². The van der Waals surface area contributed by atoms with E-state index in [1.807, 2.05) is 0 Å². The van der Waals surface area contributed by atoms with Gasteiger partial charge in [-0.05, 0) is 25.9 Å². The monoisotopic (exact) mass is 416 g/mol. The van der Waals surface area contributed by atoms with E-state index in [0.29, 0.717) is 12.8 Å². The largest absolute Gasteiger partial charge is 0.533 e. The smallest absolute Gasteiger partial charge is 0.372 e. The minimum absolute atomic E-state index is 0.243. The van der Waals surface area contributed by atoms with Crippen molar-refractivity contribution in [3.05, 3.63) is 22.3 Å². The fraction of sp³-hybridized carbons (Fsp3) is 0.500. The zero-order chi connectivity index (χ0) is 22.1. The normalized spacial score (nSPS) is 13.0. The number of nitrogens with one attached hydrogen (secondary N) is 2. The van der Waals surface area contributed by atoms with Gasteiger partial charge in [0.15, 0.2) is 0 Å². The highest BCUT2D eigenvalue weighted by Gasteiger charge is 2.41. The van der Waals surface area contributed by atoms with Gasteiger partial charge in [0.2, 0.25) is 5.76 Å². The molecule has 0 bridgehead atoms. The molecule has 0 rings (SSSR count). The Balaban J connectivity index is 6.46. The first kappa shape index (κ1) is 25.0. The lowest BCUT2D eigenvalue weighted by Crippen LogP contribution is -2.44. The molecule has 28 heavy (non-hydrogen) atoms. The zero-order valence-electron chi connectivity index (χ0n) is 16.4. The van der Waals surface area contributed by atoms with E-state index in [2.05, 4.69) is 10.6 Å². The Morgan fingerprint density at radius 2 is 1.29 bits per heavy atom. The molecule has 0 saturated heterocycles. The first-order valence-corrected chi connectivity index (χ1v) is 11.5. The van der Waals surface area contributed by atoms with Crippen LogP contribution in [0.2, 0.25) is 13.1 Å². The Morgan fingerprint density at radius 1 is 0.857 bits per heavy atom. The molecule has 12 heteroatoms. The molecule has 2 amide bonds. The Morgan fingerprint density at radius 3 is 1.61 bits per heavy atom. The van der Waals surface area contributed by atoms with Crippen LogP contribution in [-0.2, 0) is 23.6 Å². The number of rotatable bonds is 13. The summed E-state index contributed by atoms with van der Waals surface area (Å²) in [5, 5.41) is 23.9. The Kier molecular flexibility index (Phi) is 9.78. The lowest BCUT2D eigenvalue weighted by Gasteiger charge is -2.27. The van der Waals surface area contributed by atoms with E-state index >= 15 is 0 Å². The minimum Gasteiger partial charge on any atom is -0.533 e. The van der Waals surface area contributed by atoms with Gasteiger partial charge in [0.05, 0.1) is 5.20 Å². The maximum atomic E-state index is 11.9. The number of carbonyl (C=O) groups is 4. The van der Waals surface area contributed by atoms with Crippen molar-refractivity contribution in [1.29, 1.82) is 0 Å². The summed E-state index contributed by atoms with van der Waals surface area (Å²) >= 11 is 0. The van der Waals surface area contributed by atoms with Gasteiger partial charge in [0.1, 0.15) is 11.4 Å². The van der Waals surface area contributed by atoms with E-state index in [4.69, 9.17) is 15.9 Å². The van der Waals surface area contributed by atoms with Crippen LogP contribution in [0.5, 0.6) is 0 Å². The van der Waals surface area contributed by atoms with Crippen LogP contribution in [0.3, 0.4) is 0 Å². The first-order chi connectivity index (χ1) is 12.9. The molecular weight excluding hydrogens is 388 g/mol. The number of amides is 2. The van der Waals surface area contributed by atoms with Gasteiger partial charge in [0, 0.05) is 13.1 Å². The predicted octanol–water partition coefficient (Wildman–Crippen LogP) is -0.648. The summed E-state index contributed by atoms with van der Waals surface area (Å²) in [5.41, 5.74) is 9.70. The second kappa shape index (κ2) is 11.0. The Labute approximate surface area is 163 Å². The molecule has 0 aromatic rings. The zero-order valence-corrected chi connectivity index (χ0v) is 17.4. The van der Waals surface area contributed by atoms with Crippen molar-refractivity contribution < 1.29 is 33.8 Å². The van der Waals surface area contributed by atoms with Crippen LogP contribution in [-0.4, -0.2) is 55.4 Å². The van der Waals surface area contributed by atoms with Crippen molar-refractivity contribution in [3.8, 4) is 0 Å². The van der Waals surface area contributed by atoms with Crippen LogP contribution < -0.4 is 22.1 Å². The van der Waals surface area contributed by atoms with Gasteiger partial charge in [-0.15, -0.1) is 0 Å². The van der Waals surface area contributed by atoms with Crippen molar-refractivity contribution in [2.75, 3.05) is 13.1 Å². The van der Waals surface area contributed by atoms with E-state index in [9.17, 15) is 29.4 Å². The van der Waals surface area contributed by atoms with Crippen LogP contribution in [0, 0.1) is 0 Å². The van der Waals surface area contributed by atoms with Crippen LogP contribution in [0.1, 0.15) is 26.7 Å². The summed E-state index contributed by atoms with van der Waals surface area (Å²) in [4.78, 5) is 47.0. The molecule has 0 radical (unpaired) electrons. The predicted molar refractivity (Wildman–Crippen MR) is 103 cm³/mol. The van der Waals surface area contributed by atoms with Crippen LogP contribution in [0.15, 0.2) is 22.3 Å². The summed E-state index contributed by atoms with van der Waals surface area (Å²) in [5.74, 6) is -5.99. The molecule has 0 aromatic heterocycles. The van der Waals surface area contributed by atoms with Crippen LogP contribution in [0.25, 0.3) is 0 Å². The van der Waals surface area contributed by atoms with Gasteiger partial charge in [-0.3, -0.25) is 9.59 Å². The highest BCUT2D eigenvalue weighted by atomic mass is 28.4. The van der Waals surface area contributed by atoms with Gasteiger partial charge in [0.25, 0.3) is 20.1 Å². The molecule has 11 nitrogen and oxygen atoms in total. The van der Waals surface area contributed by atoms with Crippen LogP contribution >= 0.6 is 0 Å². The van der Waals surface area contributed by atoms with Gasteiger partial charge in [-0.1, -0.05) is 13.8 Å². The number of carboxylic acids is 2. The standard InChI is InChI=1S/C16H28N4O7Si/c1-5-7-19-9(13(17)21)11(15(23)24)27-28(3,4)12(16(25)26)10(14(18)22)20-8-6-2/h19-20H,5-8H2,1-4H3,(H2,17,21)(H2,18,22)(H,23,24)(H,25,26)/b11-9-,12-10-. The molecule has 0 saturated carbocycles. The van der Waals surface area contributed by atoms with Gasteiger partial charge in [-0.2, -0.15) is 0 Å². The maximum absolute atomic E-state index is 11.9. The van der Waals surface area contributed by atoms with E-state index in [1.165, 1.54) is 13.1 Å². The number of carbonyl (C=O) groups excluding carboxylic acids is 2. The Bertz CT molecular complexity index is 701. The first-order valence-electron chi connectivity index (χ1n) is 8.62. The molecule has 0 fully saturated rings. The number of carboxylic acid groups (broad SMARTS) is 2. The van der Waals surface area contributed by atoms with E-state index in [1.54, 1.807) is 13.8 Å². The van der Waals surface area contributed by atoms with Crippen molar-refractivity contribution in [2.24, 2.45) is 11.5 Å². The SMILES string of the molecule is CCCN/C(C(N)=O)=C(\O[Si](C)(C)/C(C(=O)O)=C(\NCCC)C(N)=O)C(=O)O. The van der Waals surface area contributed by atoms with E-state index < -0.39 is 48.7 Å². The number of hydrogen-bond acceptors (Lipinski definition) is 7. The van der Waals surface area contributed by atoms with Gasteiger partial charge < -0.3 is 36.7 Å². The van der Waals surface area contributed by atoms with E-state index in [0.717, 1.165) is 0 Å². The average Bonchev–Trinajstić information content (AvgIpc) is 2.56. The highest BCUT2D eigenvalue weighted by Crippen LogP contribution is 2.24. The lowest BCUT2D eigenvalue weighted by molar-refractivity contribution is -0.136. The summed E-state index contributed by atoms with van der Waals surface area (Å²) in [6.45, 7) is 6.84. The van der Waals surface area contributed by atoms with Crippen molar-refractivity contribution in [3.63, 3.8) is 0 Å². The highest BCUT2D eigenvalue weighted by molar-refractivity contribution is 6.83. The molecular formula is C16H28N4O7Si. The summed E-state index contributed by atoms with van der Waals surface area (Å²) in [6.07, 6.45) is 1.15. The molecule has 0 atom stereocenters. The summed E-state index contributed by atoms with van der Waals surface area (Å²) in [6, 6.07) is 0.